The Hall–Kier alpha value is -2.60. The summed E-state index contributed by atoms with van der Waals surface area (Å²) in [5.74, 6) is -0.176. The van der Waals surface area contributed by atoms with Crippen LogP contribution in [0.4, 0.5) is 11.4 Å². The smallest absolute Gasteiger partial charge is 0.251 e. The van der Waals surface area contributed by atoms with Gasteiger partial charge >= 0.3 is 0 Å². The van der Waals surface area contributed by atoms with Crippen molar-refractivity contribution in [3.05, 3.63) is 65.2 Å². The van der Waals surface area contributed by atoms with Crippen molar-refractivity contribution in [2.75, 3.05) is 22.4 Å². The normalized spacial score (nSPS) is 14.7. The molecule has 26 heavy (non-hydrogen) atoms. The highest BCUT2D eigenvalue weighted by molar-refractivity contribution is 7.92. The van der Waals surface area contributed by atoms with E-state index in [0.29, 0.717) is 23.5 Å². The van der Waals surface area contributed by atoms with Crippen molar-refractivity contribution >= 4 is 33.4 Å². The first-order valence-electron chi connectivity index (χ1n) is 8.50. The number of hydrogen-bond donors (Lipinski definition) is 1. The Balaban J connectivity index is 1.79. The minimum absolute atomic E-state index is 0.176. The second kappa shape index (κ2) is 7.33. The van der Waals surface area contributed by atoms with Crippen molar-refractivity contribution in [2.45, 2.75) is 19.8 Å². The Morgan fingerprint density at radius 3 is 2.58 bits per heavy atom. The number of nitrogens with one attached hydrogen (secondary N) is 1. The highest BCUT2D eigenvalue weighted by Crippen LogP contribution is 2.31. The van der Waals surface area contributed by atoms with Crippen LogP contribution in [0.5, 0.6) is 0 Å². The maximum Gasteiger partial charge on any atom is 0.251 e. The van der Waals surface area contributed by atoms with Crippen LogP contribution in [0.2, 0.25) is 0 Å². The van der Waals surface area contributed by atoms with E-state index in [0.717, 1.165) is 24.0 Å². The Bertz CT molecular complexity index is 950. The van der Waals surface area contributed by atoms with Gasteiger partial charge in [-0.05, 0) is 55.2 Å². The number of fused-ring (bicyclic) bond motifs is 1. The lowest BCUT2D eigenvalue weighted by Crippen LogP contribution is -2.34. The van der Waals surface area contributed by atoms with Crippen LogP contribution < -0.4 is 9.62 Å². The third kappa shape index (κ3) is 4.14. The highest BCUT2D eigenvalue weighted by atomic mass is 32.2. The van der Waals surface area contributed by atoms with Gasteiger partial charge in [0.2, 0.25) is 10.0 Å². The third-order valence-corrected chi connectivity index (χ3v) is 5.53. The molecule has 0 saturated carbocycles. The Kier molecular flexibility index (Phi) is 5.13. The van der Waals surface area contributed by atoms with E-state index in [1.807, 2.05) is 42.5 Å². The fourth-order valence-electron chi connectivity index (χ4n) is 3.08. The second-order valence-electron chi connectivity index (χ2n) is 6.47. The van der Waals surface area contributed by atoms with Crippen LogP contribution >= 0.6 is 0 Å². The number of nitrogens with zero attached hydrogens (tertiary/aromatic N) is 1. The number of benzene rings is 2. The number of aryl methyl sites for hydroxylation is 1. The SMILES string of the molecule is C/C(=C\c1ccccc1)C(=O)Nc1ccc2c(c1)CCCN2S(C)(=O)=O. The van der Waals surface area contributed by atoms with Crippen molar-refractivity contribution < 1.29 is 13.2 Å². The van der Waals surface area contributed by atoms with Gasteiger partial charge in [0.1, 0.15) is 0 Å². The Morgan fingerprint density at radius 1 is 1.15 bits per heavy atom. The lowest BCUT2D eigenvalue weighted by molar-refractivity contribution is -0.112. The monoisotopic (exact) mass is 370 g/mol. The van der Waals surface area contributed by atoms with Gasteiger partial charge in [0.25, 0.3) is 5.91 Å². The van der Waals surface area contributed by atoms with Gasteiger partial charge in [0.05, 0.1) is 11.9 Å². The van der Waals surface area contributed by atoms with E-state index < -0.39 is 10.0 Å². The largest absolute Gasteiger partial charge is 0.322 e. The summed E-state index contributed by atoms with van der Waals surface area (Å²) >= 11 is 0. The fraction of sp³-hybridized carbons (Fsp3) is 0.250. The minimum atomic E-state index is -3.29. The van der Waals surface area contributed by atoms with Gasteiger partial charge in [-0.2, -0.15) is 0 Å². The van der Waals surface area contributed by atoms with Crippen LogP contribution in [0.1, 0.15) is 24.5 Å². The molecule has 6 heteroatoms. The van der Waals surface area contributed by atoms with Gasteiger partial charge in [-0.1, -0.05) is 30.3 Å². The number of rotatable bonds is 4. The minimum Gasteiger partial charge on any atom is -0.322 e. The molecular formula is C20H22N2O3S. The standard InChI is InChI=1S/C20H22N2O3S/c1-15(13-16-7-4-3-5-8-16)20(23)21-18-10-11-19-17(14-18)9-6-12-22(19)26(2,24)25/h3-5,7-8,10-11,13-14H,6,9,12H2,1-2H3,(H,21,23)/b15-13+. The highest BCUT2D eigenvalue weighted by Gasteiger charge is 2.24. The summed E-state index contributed by atoms with van der Waals surface area (Å²) in [6, 6.07) is 15.0. The number of carbonyl (C=O) groups excluding carboxylic acids is 1. The van der Waals surface area contributed by atoms with Gasteiger partial charge in [-0.25, -0.2) is 8.42 Å². The molecule has 1 aliphatic heterocycles. The molecule has 0 bridgehead atoms. The molecule has 1 heterocycles. The first-order valence-corrected chi connectivity index (χ1v) is 10.3. The van der Waals surface area contributed by atoms with Gasteiger partial charge in [0, 0.05) is 17.8 Å². The molecule has 3 rings (SSSR count). The predicted octanol–water partition coefficient (Wildman–Crippen LogP) is 3.44. The van der Waals surface area contributed by atoms with E-state index in [2.05, 4.69) is 5.32 Å². The molecule has 1 amide bonds. The zero-order chi connectivity index (χ0) is 18.7. The summed E-state index contributed by atoms with van der Waals surface area (Å²) in [6.07, 6.45) is 4.61. The fourth-order valence-corrected chi connectivity index (χ4v) is 4.08. The number of amides is 1. The Labute approximate surface area is 154 Å². The maximum atomic E-state index is 12.4. The summed E-state index contributed by atoms with van der Waals surface area (Å²) < 4.78 is 25.3. The lowest BCUT2D eigenvalue weighted by atomic mass is 10.0. The number of anilines is 2. The van der Waals surface area contributed by atoms with E-state index in [-0.39, 0.29) is 5.91 Å². The molecule has 1 aliphatic rings. The van der Waals surface area contributed by atoms with E-state index in [1.54, 1.807) is 19.1 Å². The molecule has 2 aromatic carbocycles. The Morgan fingerprint density at radius 2 is 1.88 bits per heavy atom. The molecule has 2 aromatic rings. The van der Waals surface area contributed by atoms with Crippen molar-refractivity contribution in [2.24, 2.45) is 0 Å². The van der Waals surface area contributed by atoms with Crippen molar-refractivity contribution in [3.8, 4) is 0 Å². The molecule has 136 valence electrons. The predicted molar refractivity (Wildman–Crippen MR) is 106 cm³/mol. The maximum absolute atomic E-state index is 12.4. The molecule has 0 aliphatic carbocycles. The van der Waals surface area contributed by atoms with Crippen LogP contribution in [-0.4, -0.2) is 27.1 Å². The van der Waals surface area contributed by atoms with Crippen LogP contribution in [0.3, 0.4) is 0 Å². The zero-order valence-corrected chi connectivity index (χ0v) is 15.7. The number of hydrogen-bond acceptors (Lipinski definition) is 3. The molecule has 1 N–H and O–H groups in total. The molecule has 0 atom stereocenters. The molecule has 0 radical (unpaired) electrons. The van der Waals surface area contributed by atoms with Gasteiger partial charge in [-0.3, -0.25) is 9.10 Å². The first kappa shape index (κ1) is 18.2. The lowest BCUT2D eigenvalue weighted by Gasteiger charge is -2.29. The number of carbonyl (C=O) groups is 1. The number of sulfonamides is 1. The average molecular weight is 370 g/mol. The van der Waals surface area contributed by atoms with E-state index in [4.69, 9.17) is 0 Å². The van der Waals surface area contributed by atoms with Crippen molar-refractivity contribution in [1.82, 2.24) is 0 Å². The first-order chi connectivity index (χ1) is 12.3. The van der Waals surface area contributed by atoms with Gasteiger partial charge in [-0.15, -0.1) is 0 Å². The molecule has 0 spiro atoms. The molecule has 5 nitrogen and oxygen atoms in total. The second-order valence-corrected chi connectivity index (χ2v) is 8.38. The van der Waals surface area contributed by atoms with Crippen molar-refractivity contribution in [3.63, 3.8) is 0 Å². The van der Waals surface area contributed by atoms with Crippen LogP contribution in [0, 0.1) is 0 Å². The quantitative estimate of drug-likeness (QED) is 0.839. The van der Waals surface area contributed by atoms with Crippen molar-refractivity contribution in [1.29, 1.82) is 0 Å². The van der Waals surface area contributed by atoms with Crippen LogP contribution in [0.15, 0.2) is 54.1 Å². The summed E-state index contributed by atoms with van der Waals surface area (Å²) in [5, 5.41) is 2.89. The summed E-state index contributed by atoms with van der Waals surface area (Å²) in [4.78, 5) is 12.4. The van der Waals surface area contributed by atoms with Crippen LogP contribution in [0.25, 0.3) is 6.08 Å². The molecule has 0 saturated heterocycles. The van der Waals surface area contributed by atoms with E-state index >= 15 is 0 Å². The summed E-state index contributed by atoms with van der Waals surface area (Å²) in [6.45, 7) is 2.27. The molecular weight excluding hydrogens is 348 g/mol. The van der Waals surface area contributed by atoms with Crippen LogP contribution in [-0.2, 0) is 21.2 Å². The zero-order valence-electron chi connectivity index (χ0n) is 14.9. The molecule has 0 fully saturated rings. The van der Waals surface area contributed by atoms with E-state index in [9.17, 15) is 13.2 Å². The van der Waals surface area contributed by atoms with E-state index in [1.165, 1.54) is 10.6 Å². The third-order valence-electron chi connectivity index (χ3n) is 4.35. The van der Waals surface area contributed by atoms with Gasteiger partial charge < -0.3 is 5.32 Å². The summed E-state index contributed by atoms with van der Waals surface area (Å²) in [5.41, 5.74) is 3.88. The topological polar surface area (TPSA) is 66.5 Å². The molecule has 0 unspecified atom stereocenters. The average Bonchev–Trinajstić information content (AvgIpc) is 2.61. The molecule has 0 aromatic heterocycles. The van der Waals surface area contributed by atoms with Gasteiger partial charge in [0.15, 0.2) is 0 Å². The summed E-state index contributed by atoms with van der Waals surface area (Å²) in [7, 11) is -3.29.